The first-order valence-corrected chi connectivity index (χ1v) is 10.7. The molecule has 0 saturated carbocycles. The number of nitrogens with zero attached hydrogens (tertiary/aromatic N) is 2. The summed E-state index contributed by atoms with van der Waals surface area (Å²) in [5.74, 6) is -0.617. The van der Waals surface area contributed by atoms with Crippen LogP contribution in [0, 0.1) is 0 Å². The average molecular weight is 422 g/mol. The fourth-order valence-electron chi connectivity index (χ4n) is 4.41. The molecule has 2 aliphatic rings. The maximum absolute atomic E-state index is 13.6. The predicted octanol–water partition coefficient (Wildman–Crippen LogP) is 1.69. The van der Waals surface area contributed by atoms with E-state index in [4.69, 9.17) is 15.2 Å². The number of carbonyl (C=O) groups excluding carboxylic acids is 1. The molecule has 2 N–H and O–H groups in total. The highest BCUT2D eigenvalue weighted by Gasteiger charge is 2.35. The Morgan fingerprint density at radius 2 is 1.93 bits per heavy atom. The number of nitrogens with two attached hydrogens (primary N) is 1. The number of carbonyl (C=O) groups is 1. The maximum atomic E-state index is 13.6. The minimum absolute atomic E-state index is 0.258. The van der Waals surface area contributed by atoms with Crippen LogP contribution < -0.4 is 17.0 Å². The Labute approximate surface area is 172 Å². The van der Waals surface area contributed by atoms with Crippen LogP contribution in [0.3, 0.4) is 0 Å². The molecule has 8 nitrogen and oxygen atoms in total. The highest BCUT2D eigenvalue weighted by Crippen LogP contribution is 2.38. The van der Waals surface area contributed by atoms with E-state index in [-0.39, 0.29) is 18.1 Å². The lowest BCUT2D eigenvalue weighted by Crippen LogP contribution is -2.47. The Balaban J connectivity index is 2.00. The van der Waals surface area contributed by atoms with Crippen LogP contribution in [-0.2, 0) is 33.8 Å². The molecule has 2 aliphatic heterocycles. The van der Waals surface area contributed by atoms with Crippen molar-refractivity contribution in [3.63, 3.8) is 0 Å². The lowest BCUT2D eigenvalue weighted by atomic mass is 9.93. The number of aromatic nitrogens is 2. The summed E-state index contributed by atoms with van der Waals surface area (Å²) in [5.41, 5.74) is 4.75. The van der Waals surface area contributed by atoms with Gasteiger partial charge in [0.2, 0.25) is 5.91 Å². The van der Waals surface area contributed by atoms with Crippen molar-refractivity contribution in [3.8, 4) is 0 Å². The van der Waals surface area contributed by atoms with Gasteiger partial charge in [0.15, 0.2) is 0 Å². The second-order valence-electron chi connectivity index (χ2n) is 9.17. The van der Waals surface area contributed by atoms with Crippen molar-refractivity contribution in [2.24, 2.45) is 5.73 Å². The number of ether oxygens (including phenoxy) is 2. The van der Waals surface area contributed by atoms with Gasteiger partial charge < -0.3 is 15.2 Å². The van der Waals surface area contributed by atoms with Crippen LogP contribution in [0.1, 0.15) is 57.0 Å². The molecule has 158 valence electrons. The van der Waals surface area contributed by atoms with Gasteiger partial charge in [0.05, 0.1) is 23.2 Å². The van der Waals surface area contributed by atoms with Crippen molar-refractivity contribution in [2.45, 2.75) is 77.4 Å². The van der Waals surface area contributed by atoms with Gasteiger partial charge in [-0.25, -0.2) is 4.79 Å². The number of hydrogen-bond donors (Lipinski definition) is 1. The average Bonchev–Trinajstić information content (AvgIpc) is 2.95. The summed E-state index contributed by atoms with van der Waals surface area (Å²) in [6.07, 6.45) is 1.69. The van der Waals surface area contributed by atoms with Crippen molar-refractivity contribution >= 4 is 27.5 Å². The third kappa shape index (κ3) is 3.55. The Hall–Kier alpha value is -1.97. The van der Waals surface area contributed by atoms with Gasteiger partial charge in [-0.15, -0.1) is 11.3 Å². The van der Waals surface area contributed by atoms with E-state index in [0.29, 0.717) is 42.7 Å². The molecule has 1 atom stereocenters. The van der Waals surface area contributed by atoms with Gasteiger partial charge in [0, 0.05) is 23.9 Å². The van der Waals surface area contributed by atoms with Crippen molar-refractivity contribution in [1.82, 2.24) is 9.13 Å². The SMILES string of the molecule is CC1(C)Cc2c(sc3c2c(=O)n(C2CCOC(C)(C)C2)c(=O)n3CC(N)=O)CO1. The number of fused-ring (bicyclic) bond motifs is 3. The van der Waals surface area contributed by atoms with Crippen molar-refractivity contribution < 1.29 is 14.3 Å². The van der Waals surface area contributed by atoms with Crippen LogP contribution in [0.5, 0.6) is 0 Å². The molecule has 2 aromatic heterocycles. The van der Waals surface area contributed by atoms with Crippen LogP contribution in [0.2, 0.25) is 0 Å². The lowest BCUT2D eigenvalue weighted by Gasteiger charge is -2.36. The summed E-state index contributed by atoms with van der Waals surface area (Å²) in [5, 5.41) is 0.520. The summed E-state index contributed by atoms with van der Waals surface area (Å²) < 4.78 is 14.3. The highest BCUT2D eigenvalue weighted by atomic mass is 32.1. The van der Waals surface area contributed by atoms with Gasteiger partial charge in [0.25, 0.3) is 5.56 Å². The van der Waals surface area contributed by atoms with Gasteiger partial charge in [0.1, 0.15) is 11.4 Å². The molecule has 29 heavy (non-hydrogen) atoms. The lowest BCUT2D eigenvalue weighted by molar-refractivity contribution is -0.118. The molecule has 0 aliphatic carbocycles. The molecule has 0 aromatic carbocycles. The minimum Gasteiger partial charge on any atom is -0.375 e. The van der Waals surface area contributed by atoms with Gasteiger partial charge in [-0.05, 0) is 46.1 Å². The van der Waals surface area contributed by atoms with E-state index in [1.165, 1.54) is 20.5 Å². The Bertz CT molecular complexity index is 1110. The molecule has 1 unspecified atom stereocenters. The zero-order valence-corrected chi connectivity index (χ0v) is 18.1. The topological polar surface area (TPSA) is 106 Å². The fraction of sp³-hybridized carbons (Fsp3) is 0.650. The molecule has 0 spiro atoms. The van der Waals surface area contributed by atoms with Gasteiger partial charge in [-0.3, -0.25) is 18.7 Å². The molecular formula is C20H27N3O5S. The van der Waals surface area contributed by atoms with Gasteiger partial charge in [-0.2, -0.15) is 0 Å². The van der Waals surface area contributed by atoms with E-state index in [0.717, 1.165) is 10.4 Å². The summed E-state index contributed by atoms with van der Waals surface area (Å²) in [6, 6.07) is -0.286. The van der Waals surface area contributed by atoms with E-state index in [9.17, 15) is 14.4 Å². The quantitative estimate of drug-likeness (QED) is 0.812. The zero-order chi connectivity index (χ0) is 21.1. The molecule has 1 saturated heterocycles. The van der Waals surface area contributed by atoms with Crippen molar-refractivity contribution in [1.29, 1.82) is 0 Å². The summed E-state index contributed by atoms with van der Waals surface area (Å²) in [7, 11) is 0. The van der Waals surface area contributed by atoms with Gasteiger partial charge >= 0.3 is 5.69 Å². The molecule has 2 aromatic rings. The summed E-state index contributed by atoms with van der Waals surface area (Å²) >= 11 is 1.34. The minimum atomic E-state index is -0.617. The number of amides is 1. The third-order valence-corrected chi connectivity index (χ3v) is 6.96. The van der Waals surface area contributed by atoms with E-state index in [1.807, 2.05) is 27.7 Å². The molecule has 0 bridgehead atoms. The third-order valence-electron chi connectivity index (χ3n) is 5.73. The molecular weight excluding hydrogens is 394 g/mol. The molecule has 0 radical (unpaired) electrons. The molecule has 9 heteroatoms. The first-order valence-electron chi connectivity index (χ1n) is 9.85. The van der Waals surface area contributed by atoms with Crippen molar-refractivity contribution in [2.75, 3.05) is 6.61 Å². The van der Waals surface area contributed by atoms with Crippen LogP contribution >= 0.6 is 11.3 Å². The van der Waals surface area contributed by atoms with E-state index < -0.39 is 22.8 Å². The fourth-order valence-corrected chi connectivity index (χ4v) is 5.63. The normalized spacial score (nSPS) is 23.1. The number of primary amides is 1. The number of hydrogen-bond acceptors (Lipinski definition) is 6. The number of thiophene rings is 1. The molecule has 4 rings (SSSR count). The first kappa shape index (κ1) is 20.3. The van der Waals surface area contributed by atoms with E-state index >= 15 is 0 Å². The summed E-state index contributed by atoms with van der Waals surface area (Å²) in [4.78, 5) is 40.1. The predicted molar refractivity (Wildman–Crippen MR) is 110 cm³/mol. The number of rotatable bonds is 3. The van der Waals surface area contributed by atoms with Crippen LogP contribution in [0.4, 0.5) is 0 Å². The van der Waals surface area contributed by atoms with Crippen molar-refractivity contribution in [3.05, 3.63) is 31.3 Å². The standard InChI is InChI=1S/C20H27N3O5S/c1-19(2)7-11(5-6-27-19)23-16(25)15-12-8-20(3,4)28-10-13(12)29-17(15)22(18(23)26)9-14(21)24/h11H,5-10H2,1-4H3,(H2,21,24). The summed E-state index contributed by atoms with van der Waals surface area (Å²) in [6.45, 7) is 8.48. The Kier molecular flexibility index (Phi) is 4.75. The second kappa shape index (κ2) is 6.78. The zero-order valence-electron chi connectivity index (χ0n) is 17.2. The Morgan fingerprint density at radius 3 is 2.59 bits per heavy atom. The largest absolute Gasteiger partial charge is 0.375 e. The monoisotopic (exact) mass is 421 g/mol. The molecule has 1 amide bonds. The first-order chi connectivity index (χ1) is 13.5. The highest BCUT2D eigenvalue weighted by molar-refractivity contribution is 7.18. The smallest absolute Gasteiger partial charge is 0.332 e. The van der Waals surface area contributed by atoms with Crippen LogP contribution in [-0.4, -0.2) is 32.9 Å². The second-order valence-corrected chi connectivity index (χ2v) is 10.3. The van der Waals surface area contributed by atoms with Crippen LogP contribution in [0.15, 0.2) is 9.59 Å². The Morgan fingerprint density at radius 1 is 1.21 bits per heavy atom. The van der Waals surface area contributed by atoms with E-state index in [1.54, 1.807) is 0 Å². The maximum Gasteiger partial charge on any atom is 0.332 e. The van der Waals surface area contributed by atoms with Crippen LogP contribution in [0.25, 0.3) is 10.2 Å². The molecule has 1 fully saturated rings. The van der Waals surface area contributed by atoms with Gasteiger partial charge in [-0.1, -0.05) is 0 Å². The van der Waals surface area contributed by atoms with E-state index in [2.05, 4.69) is 0 Å². The molecule has 4 heterocycles.